The van der Waals surface area contributed by atoms with Crippen LogP contribution in [0.2, 0.25) is 0 Å². The first kappa shape index (κ1) is 14.7. The maximum Gasteiger partial charge on any atom is 0.166 e. The van der Waals surface area contributed by atoms with Gasteiger partial charge in [0.05, 0.1) is 0 Å². The fourth-order valence-corrected chi connectivity index (χ4v) is 3.96. The number of allylic oxidation sites excluding steroid dienone is 2. The van der Waals surface area contributed by atoms with Crippen LogP contribution in [0.1, 0.15) is 62.5 Å². The van der Waals surface area contributed by atoms with Crippen LogP contribution in [0.5, 0.6) is 0 Å². The zero-order valence-electron chi connectivity index (χ0n) is 12.8. The lowest BCUT2D eigenvalue weighted by Crippen LogP contribution is -2.10. The molecule has 0 saturated heterocycles. The molecule has 2 heteroatoms. The molecule has 0 spiro atoms. The molecule has 1 aromatic carbocycles. The Hall–Kier alpha value is -1.18. The van der Waals surface area contributed by atoms with Crippen molar-refractivity contribution in [3.8, 4) is 0 Å². The van der Waals surface area contributed by atoms with Crippen molar-refractivity contribution in [2.45, 2.75) is 58.3 Å². The molecule has 1 aromatic rings. The first-order chi connectivity index (χ1) is 10.1. The van der Waals surface area contributed by atoms with Crippen LogP contribution in [0.25, 0.3) is 5.57 Å². The normalized spacial score (nSPS) is 23.4. The standard InChI is InChI=1S/C19H24F2/c1-13-6-11-17(19(21)18(13)20)16-9-7-15(8-10-16)12-14-4-2-3-5-14/h6,9,11,14-15H,2-5,7-8,10,12H2,1H3. The summed E-state index contributed by atoms with van der Waals surface area (Å²) in [5.74, 6) is 0.297. The van der Waals surface area contributed by atoms with Gasteiger partial charge in [0.2, 0.25) is 0 Å². The van der Waals surface area contributed by atoms with Crippen LogP contribution >= 0.6 is 0 Å². The molecule has 1 atom stereocenters. The van der Waals surface area contributed by atoms with E-state index in [0.29, 0.717) is 11.1 Å². The van der Waals surface area contributed by atoms with Gasteiger partial charge in [-0.2, -0.15) is 0 Å². The molecule has 114 valence electrons. The average Bonchev–Trinajstić information content (AvgIpc) is 2.99. The number of benzene rings is 1. The number of hydrogen-bond acceptors (Lipinski definition) is 0. The highest BCUT2D eigenvalue weighted by Crippen LogP contribution is 2.38. The third-order valence-electron chi connectivity index (χ3n) is 5.28. The molecule has 0 bridgehead atoms. The summed E-state index contributed by atoms with van der Waals surface area (Å²) in [5, 5.41) is 0. The third-order valence-corrected chi connectivity index (χ3v) is 5.28. The molecule has 21 heavy (non-hydrogen) atoms. The highest BCUT2D eigenvalue weighted by molar-refractivity contribution is 5.67. The van der Waals surface area contributed by atoms with Crippen molar-refractivity contribution in [1.82, 2.24) is 0 Å². The van der Waals surface area contributed by atoms with E-state index in [1.807, 2.05) is 0 Å². The van der Waals surface area contributed by atoms with Gasteiger partial charge in [-0.15, -0.1) is 0 Å². The monoisotopic (exact) mass is 290 g/mol. The van der Waals surface area contributed by atoms with E-state index in [0.717, 1.165) is 36.7 Å². The minimum Gasteiger partial charge on any atom is -0.203 e. The summed E-state index contributed by atoms with van der Waals surface area (Å²) in [5.41, 5.74) is 1.85. The van der Waals surface area contributed by atoms with Gasteiger partial charge in [0.1, 0.15) is 0 Å². The minimum atomic E-state index is -0.693. The van der Waals surface area contributed by atoms with Crippen molar-refractivity contribution in [3.63, 3.8) is 0 Å². The molecule has 1 saturated carbocycles. The molecule has 2 aliphatic rings. The fraction of sp³-hybridized carbons (Fsp3) is 0.579. The Balaban J connectivity index is 1.68. The lowest BCUT2D eigenvalue weighted by molar-refractivity contribution is 0.355. The van der Waals surface area contributed by atoms with Crippen molar-refractivity contribution >= 4 is 5.57 Å². The summed E-state index contributed by atoms with van der Waals surface area (Å²) >= 11 is 0. The summed E-state index contributed by atoms with van der Waals surface area (Å²) < 4.78 is 27.7. The molecule has 0 heterocycles. The highest BCUT2D eigenvalue weighted by atomic mass is 19.2. The minimum absolute atomic E-state index is 0.381. The van der Waals surface area contributed by atoms with E-state index in [1.54, 1.807) is 19.1 Å². The molecule has 3 rings (SSSR count). The van der Waals surface area contributed by atoms with Crippen LogP contribution in [-0.4, -0.2) is 0 Å². The summed E-state index contributed by atoms with van der Waals surface area (Å²) in [6.07, 6.45) is 12.1. The van der Waals surface area contributed by atoms with Gasteiger partial charge in [-0.05, 0) is 55.6 Å². The van der Waals surface area contributed by atoms with Crippen molar-refractivity contribution in [3.05, 3.63) is 41.0 Å². The highest BCUT2D eigenvalue weighted by Gasteiger charge is 2.23. The van der Waals surface area contributed by atoms with Crippen LogP contribution in [0, 0.1) is 30.4 Å². The Morgan fingerprint density at radius 1 is 1.00 bits per heavy atom. The SMILES string of the molecule is Cc1ccc(C2=CCC(CC3CCCC3)CC2)c(F)c1F. The van der Waals surface area contributed by atoms with Gasteiger partial charge in [-0.3, -0.25) is 0 Å². The molecule has 0 amide bonds. The quantitative estimate of drug-likeness (QED) is 0.637. The zero-order valence-corrected chi connectivity index (χ0v) is 12.8. The molecular weight excluding hydrogens is 266 g/mol. The molecule has 1 fully saturated rings. The van der Waals surface area contributed by atoms with E-state index < -0.39 is 11.6 Å². The largest absolute Gasteiger partial charge is 0.203 e. The van der Waals surface area contributed by atoms with Crippen LogP contribution in [-0.2, 0) is 0 Å². The van der Waals surface area contributed by atoms with Crippen LogP contribution < -0.4 is 0 Å². The lowest BCUT2D eigenvalue weighted by atomic mass is 9.81. The van der Waals surface area contributed by atoms with Gasteiger partial charge in [0.15, 0.2) is 11.6 Å². The smallest absolute Gasteiger partial charge is 0.166 e. The molecule has 0 aliphatic heterocycles. The summed E-state index contributed by atoms with van der Waals surface area (Å²) in [7, 11) is 0. The van der Waals surface area contributed by atoms with Gasteiger partial charge < -0.3 is 0 Å². The van der Waals surface area contributed by atoms with Crippen LogP contribution in [0.3, 0.4) is 0 Å². The van der Waals surface area contributed by atoms with Gasteiger partial charge in [-0.1, -0.05) is 43.9 Å². The predicted molar refractivity (Wildman–Crippen MR) is 83.0 cm³/mol. The van der Waals surface area contributed by atoms with Gasteiger partial charge in [0, 0.05) is 5.56 Å². The van der Waals surface area contributed by atoms with E-state index in [-0.39, 0.29) is 0 Å². The van der Waals surface area contributed by atoms with E-state index >= 15 is 0 Å². The third kappa shape index (κ3) is 3.20. The Morgan fingerprint density at radius 3 is 2.43 bits per heavy atom. The second-order valence-electron chi connectivity index (χ2n) is 6.81. The van der Waals surface area contributed by atoms with E-state index in [9.17, 15) is 8.78 Å². The van der Waals surface area contributed by atoms with E-state index in [2.05, 4.69) is 6.08 Å². The van der Waals surface area contributed by atoms with Crippen LogP contribution in [0.15, 0.2) is 18.2 Å². The van der Waals surface area contributed by atoms with Crippen LogP contribution in [0.4, 0.5) is 8.78 Å². The lowest BCUT2D eigenvalue weighted by Gasteiger charge is -2.25. The van der Waals surface area contributed by atoms with Crippen molar-refractivity contribution in [2.24, 2.45) is 11.8 Å². The molecule has 0 radical (unpaired) electrons. The van der Waals surface area contributed by atoms with Gasteiger partial charge in [0.25, 0.3) is 0 Å². The summed E-state index contributed by atoms with van der Waals surface area (Å²) in [6.45, 7) is 1.61. The fourth-order valence-electron chi connectivity index (χ4n) is 3.96. The Bertz CT molecular complexity index is 539. The molecule has 1 unspecified atom stereocenters. The number of halogens is 2. The number of aryl methyl sites for hydroxylation is 1. The molecule has 0 N–H and O–H groups in total. The summed E-state index contributed by atoms with van der Waals surface area (Å²) in [6, 6.07) is 3.41. The van der Waals surface area contributed by atoms with E-state index in [1.165, 1.54) is 32.1 Å². The van der Waals surface area contributed by atoms with Gasteiger partial charge in [-0.25, -0.2) is 8.78 Å². The second kappa shape index (κ2) is 6.29. The predicted octanol–water partition coefficient (Wildman–Crippen LogP) is 6.04. The van der Waals surface area contributed by atoms with Gasteiger partial charge >= 0.3 is 0 Å². The molecule has 0 nitrogen and oxygen atoms in total. The molecular formula is C19H24F2. The Labute approximate surface area is 126 Å². The number of rotatable bonds is 3. The van der Waals surface area contributed by atoms with Crippen molar-refractivity contribution in [2.75, 3.05) is 0 Å². The van der Waals surface area contributed by atoms with Crippen molar-refractivity contribution in [1.29, 1.82) is 0 Å². The number of hydrogen-bond donors (Lipinski definition) is 0. The first-order valence-electron chi connectivity index (χ1n) is 8.29. The van der Waals surface area contributed by atoms with E-state index in [4.69, 9.17) is 0 Å². The maximum absolute atomic E-state index is 14.1. The molecule has 0 aromatic heterocycles. The first-order valence-corrected chi connectivity index (χ1v) is 8.29. The molecule has 2 aliphatic carbocycles. The van der Waals surface area contributed by atoms with Crippen molar-refractivity contribution < 1.29 is 8.78 Å². The summed E-state index contributed by atoms with van der Waals surface area (Å²) in [4.78, 5) is 0. The topological polar surface area (TPSA) is 0 Å². The Morgan fingerprint density at radius 2 is 1.76 bits per heavy atom. The Kier molecular flexibility index (Phi) is 4.42. The second-order valence-corrected chi connectivity index (χ2v) is 6.81. The average molecular weight is 290 g/mol. The zero-order chi connectivity index (χ0) is 14.8. The maximum atomic E-state index is 14.1.